The van der Waals surface area contributed by atoms with Gasteiger partial charge in [0, 0.05) is 6.42 Å². The molecule has 4 nitrogen and oxygen atoms in total. The second-order valence-electron chi connectivity index (χ2n) is 5.00. The molecule has 0 aliphatic carbocycles. The Morgan fingerprint density at radius 2 is 1.67 bits per heavy atom. The summed E-state index contributed by atoms with van der Waals surface area (Å²) in [7, 11) is -3.79. The van der Waals surface area contributed by atoms with E-state index in [9.17, 15) is 13.2 Å². The van der Waals surface area contributed by atoms with Gasteiger partial charge in [-0.05, 0) is 32.9 Å². The molecule has 1 aromatic carbocycles. The molecule has 0 aliphatic rings. The highest BCUT2D eigenvalue weighted by Gasteiger charge is 2.36. The summed E-state index contributed by atoms with van der Waals surface area (Å²) in [5.74, 6) is -0.397. The Hall–Kier alpha value is -1.36. The molecule has 1 aromatic rings. The fraction of sp³-hybridized carbons (Fsp3) is 0.462. The molecule has 0 aliphatic heterocycles. The van der Waals surface area contributed by atoms with Crippen LogP contribution in [0.3, 0.4) is 0 Å². The van der Waals surface area contributed by atoms with E-state index in [0.29, 0.717) is 0 Å². The lowest BCUT2D eigenvalue weighted by molar-refractivity contribution is -0.129. The molecule has 0 heterocycles. The minimum atomic E-state index is -3.79. The van der Waals surface area contributed by atoms with Crippen molar-refractivity contribution in [2.75, 3.05) is 0 Å². The summed E-state index contributed by atoms with van der Waals surface area (Å²) in [6.07, 6.45) is 0.156. The van der Waals surface area contributed by atoms with Crippen LogP contribution in [-0.2, 0) is 14.8 Å². The van der Waals surface area contributed by atoms with Crippen LogP contribution in [0.2, 0.25) is 0 Å². The zero-order valence-electron chi connectivity index (χ0n) is 11.2. The smallest absolute Gasteiger partial charge is 0.266 e. The predicted molar refractivity (Wildman–Crippen MR) is 70.5 cm³/mol. The molecule has 0 saturated heterocycles. The Kier molecular flexibility index (Phi) is 4.16. The van der Waals surface area contributed by atoms with Crippen LogP contribution in [0.4, 0.5) is 0 Å². The van der Waals surface area contributed by atoms with Crippen molar-refractivity contribution >= 4 is 15.9 Å². The van der Waals surface area contributed by atoms with Gasteiger partial charge < -0.3 is 0 Å². The Morgan fingerprint density at radius 1 is 1.17 bits per heavy atom. The van der Waals surface area contributed by atoms with Gasteiger partial charge >= 0.3 is 0 Å². The van der Waals surface area contributed by atoms with Crippen LogP contribution in [0, 0.1) is 0 Å². The zero-order valence-corrected chi connectivity index (χ0v) is 12.0. The van der Waals surface area contributed by atoms with Crippen molar-refractivity contribution in [3.63, 3.8) is 0 Å². The number of benzene rings is 1. The summed E-state index contributed by atoms with van der Waals surface area (Å²) in [6.45, 7) is 6.78. The minimum Gasteiger partial charge on any atom is -0.274 e. The molecule has 0 atom stereocenters. The number of hydrogen-bond acceptors (Lipinski definition) is 3. The fourth-order valence-corrected chi connectivity index (χ4v) is 3.54. The first-order chi connectivity index (χ1) is 8.21. The maximum Gasteiger partial charge on any atom is 0.266 e. The molecule has 0 bridgehead atoms. The van der Waals surface area contributed by atoms with Crippen LogP contribution >= 0.6 is 0 Å². The number of sulfonamides is 1. The second kappa shape index (κ2) is 5.10. The number of amides is 1. The Bertz CT molecular complexity index is 515. The molecule has 0 fully saturated rings. The molecule has 1 rings (SSSR count). The lowest BCUT2D eigenvalue weighted by atomic mass is 10.1. The van der Waals surface area contributed by atoms with Crippen molar-refractivity contribution in [2.45, 2.75) is 44.6 Å². The summed E-state index contributed by atoms with van der Waals surface area (Å²) >= 11 is 0. The molecule has 1 amide bonds. The standard InChI is InChI=1S/C13H19NO3S/c1-5-12(15)14(13(2,3)4)18(16,17)11-9-7-6-8-10-11/h6-10H,5H2,1-4H3. The van der Waals surface area contributed by atoms with Crippen LogP contribution in [0.15, 0.2) is 35.2 Å². The van der Waals surface area contributed by atoms with Crippen molar-refractivity contribution in [1.82, 2.24) is 4.31 Å². The van der Waals surface area contributed by atoms with Crippen molar-refractivity contribution in [3.8, 4) is 0 Å². The lowest BCUT2D eigenvalue weighted by Crippen LogP contribution is -2.49. The van der Waals surface area contributed by atoms with E-state index in [1.807, 2.05) is 0 Å². The van der Waals surface area contributed by atoms with E-state index < -0.39 is 21.5 Å². The third-order valence-electron chi connectivity index (χ3n) is 2.42. The first-order valence-corrected chi connectivity index (χ1v) is 7.28. The molecule has 0 radical (unpaired) electrons. The van der Waals surface area contributed by atoms with Gasteiger partial charge in [-0.25, -0.2) is 12.7 Å². The maximum atomic E-state index is 12.5. The van der Waals surface area contributed by atoms with Gasteiger partial charge in [0.25, 0.3) is 10.0 Å². The van der Waals surface area contributed by atoms with Crippen molar-refractivity contribution in [1.29, 1.82) is 0 Å². The van der Waals surface area contributed by atoms with Gasteiger partial charge in [-0.3, -0.25) is 4.79 Å². The van der Waals surface area contributed by atoms with E-state index in [2.05, 4.69) is 0 Å². The number of nitrogens with zero attached hydrogens (tertiary/aromatic N) is 1. The van der Waals surface area contributed by atoms with Gasteiger partial charge in [-0.15, -0.1) is 0 Å². The van der Waals surface area contributed by atoms with Gasteiger partial charge in [0.05, 0.1) is 10.4 Å². The molecule has 0 unspecified atom stereocenters. The van der Waals surface area contributed by atoms with Gasteiger partial charge in [0.1, 0.15) is 0 Å². The van der Waals surface area contributed by atoms with E-state index in [0.717, 1.165) is 4.31 Å². The molecule has 100 valence electrons. The normalized spacial score (nSPS) is 12.2. The van der Waals surface area contributed by atoms with Gasteiger partial charge in [0.2, 0.25) is 5.91 Å². The molecule has 0 N–H and O–H groups in total. The SMILES string of the molecule is CCC(=O)N(C(C)(C)C)S(=O)(=O)c1ccccc1. The molecule has 0 aromatic heterocycles. The first-order valence-electron chi connectivity index (χ1n) is 5.84. The molecule has 0 saturated carbocycles. The first kappa shape index (κ1) is 14.7. The van der Waals surface area contributed by atoms with E-state index in [4.69, 9.17) is 0 Å². The van der Waals surface area contributed by atoms with Crippen molar-refractivity contribution in [3.05, 3.63) is 30.3 Å². The second-order valence-corrected chi connectivity index (χ2v) is 6.79. The largest absolute Gasteiger partial charge is 0.274 e. The average molecular weight is 269 g/mol. The highest BCUT2D eigenvalue weighted by molar-refractivity contribution is 7.89. The molecule has 0 spiro atoms. The quantitative estimate of drug-likeness (QED) is 0.846. The zero-order chi connectivity index (χ0) is 14.0. The van der Waals surface area contributed by atoms with Crippen LogP contribution < -0.4 is 0 Å². The molecule has 18 heavy (non-hydrogen) atoms. The fourth-order valence-electron chi connectivity index (χ4n) is 1.71. The summed E-state index contributed by atoms with van der Waals surface area (Å²) in [5.41, 5.74) is -0.776. The van der Waals surface area contributed by atoms with E-state index in [-0.39, 0.29) is 11.3 Å². The van der Waals surface area contributed by atoms with Gasteiger partial charge in [-0.1, -0.05) is 25.1 Å². The summed E-state index contributed by atoms with van der Waals surface area (Å²) in [5, 5.41) is 0. The van der Waals surface area contributed by atoms with Crippen molar-refractivity contribution < 1.29 is 13.2 Å². The summed E-state index contributed by atoms with van der Waals surface area (Å²) in [4.78, 5) is 12.1. The Labute approximate surface area is 109 Å². The number of rotatable bonds is 3. The lowest BCUT2D eigenvalue weighted by Gasteiger charge is -2.34. The summed E-state index contributed by atoms with van der Waals surface area (Å²) in [6, 6.07) is 8.02. The number of carbonyl (C=O) groups is 1. The topological polar surface area (TPSA) is 54.5 Å². The number of hydrogen-bond donors (Lipinski definition) is 0. The van der Waals surface area contributed by atoms with Gasteiger partial charge in [-0.2, -0.15) is 0 Å². The molecular weight excluding hydrogens is 250 g/mol. The predicted octanol–water partition coefficient (Wildman–Crippen LogP) is 2.41. The Balaban J connectivity index is 3.35. The van der Waals surface area contributed by atoms with Crippen molar-refractivity contribution in [2.24, 2.45) is 0 Å². The van der Waals surface area contributed by atoms with Crippen LogP contribution in [-0.4, -0.2) is 24.2 Å². The van der Waals surface area contributed by atoms with Crippen LogP contribution in [0.1, 0.15) is 34.1 Å². The third kappa shape index (κ3) is 2.90. The number of carbonyl (C=O) groups excluding carboxylic acids is 1. The minimum absolute atomic E-state index is 0.140. The summed E-state index contributed by atoms with van der Waals surface area (Å²) < 4.78 is 25.9. The van der Waals surface area contributed by atoms with E-state index >= 15 is 0 Å². The van der Waals surface area contributed by atoms with Crippen LogP contribution in [0.5, 0.6) is 0 Å². The van der Waals surface area contributed by atoms with Crippen LogP contribution in [0.25, 0.3) is 0 Å². The Morgan fingerprint density at radius 3 is 2.06 bits per heavy atom. The molecule has 5 heteroatoms. The monoisotopic (exact) mass is 269 g/mol. The van der Waals surface area contributed by atoms with E-state index in [1.165, 1.54) is 12.1 Å². The third-order valence-corrected chi connectivity index (χ3v) is 4.52. The van der Waals surface area contributed by atoms with Gasteiger partial charge in [0.15, 0.2) is 0 Å². The average Bonchev–Trinajstić information content (AvgIpc) is 2.28. The highest BCUT2D eigenvalue weighted by Crippen LogP contribution is 2.25. The van der Waals surface area contributed by atoms with E-state index in [1.54, 1.807) is 45.9 Å². The highest BCUT2D eigenvalue weighted by atomic mass is 32.2. The maximum absolute atomic E-state index is 12.5. The molecular formula is C13H19NO3S.